The largest absolute Gasteiger partial charge is 0.493 e. The van der Waals surface area contributed by atoms with E-state index >= 15 is 0 Å². The van der Waals surface area contributed by atoms with E-state index in [1.54, 1.807) is 37.4 Å². The summed E-state index contributed by atoms with van der Waals surface area (Å²) in [4.78, 5) is 0.407. The fourth-order valence-electron chi connectivity index (χ4n) is 1.86. The molecule has 0 aliphatic heterocycles. The predicted octanol–water partition coefficient (Wildman–Crippen LogP) is 3.50. The highest BCUT2D eigenvalue weighted by Gasteiger charge is 2.09. The number of ether oxygens (including phenoxy) is 2. The van der Waals surface area contributed by atoms with Crippen molar-refractivity contribution in [2.75, 3.05) is 19.5 Å². The van der Waals surface area contributed by atoms with Gasteiger partial charge in [0.1, 0.15) is 16.9 Å². The van der Waals surface area contributed by atoms with Crippen LogP contribution >= 0.6 is 12.2 Å². The Kier molecular flexibility index (Phi) is 4.92. The van der Waals surface area contributed by atoms with E-state index in [1.165, 1.54) is 19.2 Å². The number of nitrogens with zero attached hydrogens (tertiary/aromatic N) is 1. The smallest absolute Gasteiger partial charge is 0.161 e. The van der Waals surface area contributed by atoms with Crippen LogP contribution in [0.15, 0.2) is 36.4 Å². The zero-order valence-corrected chi connectivity index (χ0v) is 12.8. The van der Waals surface area contributed by atoms with E-state index in [9.17, 15) is 4.39 Å². The molecule has 0 aliphatic rings. The molecule has 1 N–H and O–H groups in total. The van der Waals surface area contributed by atoms with Gasteiger partial charge in [-0.1, -0.05) is 12.2 Å². The Balaban J connectivity index is 2.22. The zero-order chi connectivity index (χ0) is 16.1. The molecule has 2 rings (SSSR count). The molecule has 0 fully saturated rings. The standard InChI is InChI=1S/C16H13FN2O2S/c1-20-14-6-4-10(7-15(14)21-2)16(22)19-12-5-3-11(9-18)13(17)8-12/h3-8H,1-2H3,(H,19,22). The number of benzene rings is 2. The van der Waals surface area contributed by atoms with Gasteiger partial charge < -0.3 is 14.8 Å². The Hall–Kier alpha value is -2.65. The third kappa shape index (κ3) is 3.32. The average molecular weight is 316 g/mol. The Bertz CT molecular complexity index is 756. The van der Waals surface area contributed by atoms with Crippen LogP contribution in [0.2, 0.25) is 0 Å². The molecule has 0 saturated heterocycles. The number of hydrogen-bond acceptors (Lipinski definition) is 4. The minimum atomic E-state index is -0.595. The summed E-state index contributed by atoms with van der Waals surface area (Å²) >= 11 is 5.30. The Morgan fingerprint density at radius 2 is 1.86 bits per heavy atom. The van der Waals surface area contributed by atoms with Crippen LogP contribution in [0.5, 0.6) is 11.5 Å². The summed E-state index contributed by atoms with van der Waals surface area (Å²) in [5.41, 5.74) is 1.16. The second-order valence-corrected chi connectivity index (χ2v) is 4.74. The number of nitrogens with one attached hydrogen (secondary N) is 1. The predicted molar refractivity (Wildman–Crippen MR) is 86.0 cm³/mol. The van der Waals surface area contributed by atoms with Gasteiger partial charge in [-0.3, -0.25) is 0 Å². The van der Waals surface area contributed by atoms with E-state index < -0.39 is 5.82 Å². The molecule has 0 spiro atoms. The van der Waals surface area contributed by atoms with Crippen LogP contribution < -0.4 is 14.8 Å². The Morgan fingerprint density at radius 3 is 2.45 bits per heavy atom. The molecule has 0 heterocycles. The first-order chi connectivity index (χ1) is 10.6. The summed E-state index contributed by atoms with van der Waals surface area (Å²) in [7, 11) is 3.09. The van der Waals surface area contributed by atoms with Gasteiger partial charge in [0.25, 0.3) is 0 Å². The quantitative estimate of drug-likeness (QED) is 0.875. The molecular formula is C16H13FN2O2S. The third-order valence-corrected chi connectivity index (χ3v) is 3.33. The molecule has 22 heavy (non-hydrogen) atoms. The normalized spacial score (nSPS) is 9.73. The minimum Gasteiger partial charge on any atom is -0.493 e. The fraction of sp³-hybridized carbons (Fsp3) is 0.125. The van der Waals surface area contributed by atoms with Gasteiger partial charge in [-0.2, -0.15) is 5.26 Å². The molecule has 0 bridgehead atoms. The molecule has 0 aromatic heterocycles. The van der Waals surface area contributed by atoms with Gasteiger partial charge in [0.05, 0.1) is 19.8 Å². The van der Waals surface area contributed by atoms with Crippen molar-refractivity contribution in [1.29, 1.82) is 5.26 Å². The number of thiocarbonyl (C=S) groups is 1. The van der Waals surface area contributed by atoms with Crippen molar-refractivity contribution in [2.45, 2.75) is 0 Å². The van der Waals surface area contributed by atoms with Crippen molar-refractivity contribution >= 4 is 22.9 Å². The molecular weight excluding hydrogens is 303 g/mol. The van der Waals surface area contributed by atoms with E-state index in [0.717, 1.165) is 0 Å². The van der Waals surface area contributed by atoms with Crippen molar-refractivity contribution in [3.05, 3.63) is 53.3 Å². The van der Waals surface area contributed by atoms with Crippen molar-refractivity contribution in [3.8, 4) is 17.6 Å². The second kappa shape index (κ2) is 6.87. The van der Waals surface area contributed by atoms with Crippen LogP contribution in [-0.4, -0.2) is 19.2 Å². The molecule has 0 aliphatic carbocycles. The lowest BCUT2D eigenvalue weighted by Crippen LogP contribution is -2.11. The van der Waals surface area contributed by atoms with Crippen LogP contribution in [0, 0.1) is 17.1 Å². The lowest BCUT2D eigenvalue weighted by atomic mass is 10.1. The third-order valence-electron chi connectivity index (χ3n) is 2.99. The van der Waals surface area contributed by atoms with Crippen LogP contribution in [-0.2, 0) is 0 Å². The van der Waals surface area contributed by atoms with Gasteiger partial charge in [-0.05, 0) is 36.4 Å². The summed E-state index contributed by atoms with van der Waals surface area (Å²) in [6, 6.07) is 11.2. The Morgan fingerprint density at radius 1 is 1.14 bits per heavy atom. The van der Waals surface area contributed by atoms with Gasteiger partial charge in [0.2, 0.25) is 0 Å². The van der Waals surface area contributed by atoms with Gasteiger partial charge in [-0.25, -0.2) is 4.39 Å². The number of methoxy groups -OCH3 is 2. The van der Waals surface area contributed by atoms with E-state index in [2.05, 4.69) is 5.32 Å². The summed E-state index contributed by atoms with van der Waals surface area (Å²) in [6.07, 6.45) is 0. The Labute approximate surface area is 133 Å². The first kappa shape index (κ1) is 15.7. The highest BCUT2D eigenvalue weighted by molar-refractivity contribution is 7.81. The number of halogens is 1. The van der Waals surface area contributed by atoms with Crippen molar-refractivity contribution in [2.24, 2.45) is 0 Å². The maximum Gasteiger partial charge on any atom is 0.161 e. The molecule has 0 radical (unpaired) electrons. The molecule has 0 unspecified atom stereocenters. The number of nitriles is 1. The topological polar surface area (TPSA) is 54.3 Å². The van der Waals surface area contributed by atoms with E-state index in [4.69, 9.17) is 27.0 Å². The average Bonchev–Trinajstić information content (AvgIpc) is 2.54. The van der Waals surface area contributed by atoms with E-state index in [-0.39, 0.29) is 5.56 Å². The van der Waals surface area contributed by atoms with Crippen LogP contribution in [0.4, 0.5) is 10.1 Å². The first-order valence-electron chi connectivity index (χ1n) is 6.32. The first-order valence-corrected chi connectivity index (χ1v) is 6.73. The van der Waals surface area contributed by atoms with Crippen molar-refractivity contribution in [1.82, 2.24) is 0 Å². The number of rotatable bonds is 4. The summed E-state index contributed by atoms with van der Waals surface area (Å²) in [5, 5.41) is 11.6. The van der Waals surface area contributed by atoms with E-state index in [0.29, 0.717) is 27.7 Å². The van der Waals surface area contributed by atoms with Gasteiger partial charge >= 0.3 is 0 Å². The van der Waals surface area contributed by atoms with Crippen molar-refractivity contribution < 1.29 is 13.9 Å². The van der Waals surface area contributed by atoms with E-state index in [1.807, 2.05) is 0 Å². The molecule has 2 aromatic carbocycles. The number of anilines is 1. The molecule has 112 valence electrons. The summed E-state index contributed by atoms with van der Waals surface area (Å²) < 4.78 is 24.0. The van der Waals surface area contributed by atoms with Gasteiger partial charge in [0, 0.05) is 11.3 Å². The molecule has 0 amide bonds. The molecule has 2 aromatic rings. The molecule has 0 saturated carbocycles. The monoisotopic (exact) mass is 316 g/mol. The molecule has 6 heteroatoms. The van der Waals surface area contributed by atoms with Crippen LogP contribution in [0.25, 0.3) is 0 Å². The maximum atomic E-state index is 13.6. The zero-order valence-electron chi connectivity index (χ0n) is 12.0. The van der Waals surface area contributed by atoms with Crippen molar-refractivity contribution in [3.63, 3.8) is 0 Å². The number of hydrogen-bond donors (Lipinski definition) is 1. The summed E-state index contributed by atoms with van der Waals surface area (Å²) in [5.74, 6) is 0.552. The SMILES string of the molecule is COc1ccc(C(=S)Nc2ccc(C#N)c(F)c2)cc1OC. The molecule has 4 nitrogen and oxygen atoms in total. The lowest BCUT2D eigenvalue weighted by Gasteiger charge is -2.12. The van der Waals surface area contributed by atoms with Gasteiger partial charge in [-0.15, -0.1) is 0 Å². The minimum absolute atomic E-state index is 0.0115. The second-order valence-electron chi connectivity index (χ2n) is 4.33. The highest BCUT2D eigenvalue weighted by Crippen LogP contribution is 2.28. The van der Waals surface area contributed by atoms with Crippen LogP contribution in [0.1, 0.15) is 11.1 Å². The summed E-state index contributed by atoms with van der Waals surface area (Å²) in [6.45, 7) is 0. The molecule has 0 atom stereocenters. The lowest BCUT2D eigenvalue weighted by molar-refractivity contribution is 0.355. The highest BCUT2D eigenvalue weighted by atomic mass is 32.1. The maximum absolute atomic E-state index is 13.6. The fourth-order valence-corrected chi connectivity index (χ4v) is 2.11. The van der Waals surface area contributed by atoms with Gasteiger partial charge in [0.15, 0.2) is 11.5 Å². The van der Waals surface area contributed by atoms with Crippen LogP contribution in [0.3, 0.4) is 0 Å².